The Kier molecular flexibility index (Phi) is 4.27. The van der Waals surface area contributed by atoms with Crippen LogP contribution in [0.15, 0.2) is 24.3 Å². The molecule has 0 aliphatic carbocycles. The highest BCUT2D eigenvalue weighted by Gasteiger charge is 2.22. The molecule has 1 heterocycles. The molecule has 1 unspecified atom stereocenters. The lowest BCUT2D eigenvalue weighted by Gasteiger charge is -2.29. The summed E-state index contributed by atoms with van der Waals surface area (Å²) in [5.74, 6) is 0.484. The lowest BCUT2D eigenvalue weighted by Crippen LogP contribution is -2.40. The predicted molar refractivity (Wildman–Crippen MR) is 72.0 cm³/mol. The Labute approximate surface area is 112 Å². The van der Waals surface area contributed by atoms with Gasteiger partial charge in [0.15, 0.2) is 0 Å². The minimum Gasteiger partial charge on any atom is -0.302 e. The lowest BCUT2D eigenvalue weighted by atomic mass is 9.98. The summed E-state index contributed by atoms with van der Waals surface area (Å²) in [4.78, 5) is 23.9. The number of carbonyl (C=O) groups excluding carboxylic acids is 1. The molecule has 102 valence electrons. The van der Waals surface area contributed by atoms with Gasteiger partial charge >= 0.3 is 0 Å². The summed E-state index contributed by atoms with van der Waals surface area (Å²) in [7, 11) is 0. The van der Waals surface area contributed by atoms with Gasteiger partial charge in [0.2, 0.25) is 0 Å². The SMILES string of the molecule is CC1CN(CCc2ccc([N+](=O)[O-])cc2)CCC1=O. The highest BCUT2D eigenvalue weighted by Crippen LogP contribution is 2.15. The van der Waals surface area contributed by atoms with Crippen LogP contribution in [0.5, 0.6) is 0 Å². The van der Waals surface area contributed by atoms with Crippen molar-refractivity contribution in [3.05, 3.63) is 39.9 Å². The van der Waals surface area contributed by atoms with Gasteiger partial charge in [0.1, 0.15) is 5.78 Å². The summed E-state index contributed by atoms with van der Waals surface area (Å²) < 4.78 is 0. The highest BCUT2D eigenvalue weighted by molar-refractivity contribution is 5.81. The van der Waals surface area contributed by atoms with Crippen LogP contribution in [0.25, 0.3) is 0 Å². The molecule has 5 nitrogen and oxygen atoms in total. The van der Waals surface area contributed by atoms with Crippen molar-refractivity contribution in [1.29, 1.82) is 0 Å². The molecule has 1 aromatic rings. The molecule has 2 rings (SSSR count). The molecule has 1 aliphatic rings. The first-order chi connectivity index (χ1) is 9.06. The van der Waals surface area contributed by atoms with Crippen molar-refractivity contribution in [1.82, 2.24) is 4.90 Å². The molecule has 1 aromatic carbocycles. The molecule has 0 spiro atoms. The number of ketones is 1. The Morgan fingerprint density at radius 1 is 1.37 bits per heavy atom. The van der Waals surface area contributed by atoms with Gasteiger partial charge in [0.05, 0.1) is 4.92 Å². The molecule has 1 saturated heterocycles. The van der Waals surface area contributed by atoms with E-state index in [1.54, 1.807) is 12.1 Å². The molecular formula is C14H18N2O3. The molecule has 5 heteroatoms. The van der Waals surface area contributed by atoms with Gasteiger partial charge in [-0.1, -0.05) is 19.1 Å². The molecule has 0 amide bonds. The van der Waals surface area contributed by atoms with Gasteiger partial charge in [-0.3, -0.25) is 14.9 Å². The zero-order valence-corrected chi connectivity index (χ0v) is 11.0. The zero-order chi connectivity index (χ0) is 13.8. The normalized spacial score (nSPS) is 20.5. The summed E-state index contributed by atoms with van der Waals surface area (Å²) in [6, 6.07) is 6.68. The molecular weight excluding hydrogens is 244 g/mol. The predicted octanol–water partition coefficient (Wildman–Crippen LogP) is 2.05. The average molecular weight is 262 g/mol. The maximum Gasteiger partial charge on any atom is 0.269 e. The number of nitrogens with zero attached hydrogens (tertiary/aromatic N) is 2. The van der Waals surface area contributed by atoms with E-state index in [0.29, 0.717) is 12.2 Å². The van der Waals surface area contributed by atoms with Gasteiger partial charge in [-0.2, -0.15) is 0 Å². The van der Waals surface area contributed by atoms with Crippen LogP contribution in [0.1, 0.15) is 18.9 Å². The number of piperidine rings is 1. The summed E-state index contributed by atoms with van der Waals surface area (Å²) in [6.45, 7) is 4.53. The van der Waals surface area contributed by atoms with Crippen LogP contribution in [-0.2, 0) is 11.2 Å². The zero-order valence-electron chi connectivity index (χ0n) is 11.0. The van der Waals surface area contributed by atoms with Crippen molar-refractivity contribution in [3.8, 4) is 0 Å². The van der Waals surface area contributed by atoms with Gasteiger partial charge in [-0.25, -0.2) is 0 Å². The molecule has 0 saturated carbocycles. The monoisotopic (exact) mass is 262 g/mol. The number of carbonyl (C=O) groups is 1. The molecule has 1 aliphatic heterocycles. The molecule has 0 radical (unpaired) electrons. The minimum atomic E-state index is -0.387. The topological polar surface area (TPSA) is 63.4 Å². The van der Waals surface area contributed by atoms with Crippen LogP contribution in [0.4, 0.5) is 5.69 Å². The number of nitro groups is 1. The van der Waals surface area contributed by atoms with Crippen LogP contribution >= 0.6 is 0 Å². The Morgan fingerprint density at radius 2 is 2.05 bits per heavy atom. The smallest absolute Gasteiger partial charge is 0.269 e. The Bertz CT molecular complexity index is 470. The second-order valence-electron chi connectivity index (χ2n) is 5.09. The minimum absolute atomic E-state index is 0.126. The molecule has 0 N–H and O–H groups in total. The number of nitro benzene ring substituents is 1. The molecule has 19 heavy (non-hydrogen) atoms. The van der Waals surface area contributed by atoms with Crippen molar-refractivity contribution >= 4 is 11.5 Å². The summed E-state index contributed by atoms with van der Waals surface area (Å²) in [5.41, 5.74) is 1.22. The number of non-ortho nitro benzene ring substituents is 1. The van der Waals surface area contributed by atoms with Gasteiger partial charge in [0, 0.05) is 44.1 Å². The van der Waals surface area contributed by atoms with Crippen molar-refractivity contribution in [2.75, 3.05) is 19.6 Å². The number of hydrogen-bond donors (Lipinski definition) is 0. The van der Waals surface area contributed by atoms with E-state index in [1.807, 2.05) is 6.92 Å². The van der Waals surface area contributed by atoms with Gasteiger partial charge < -0.3 is 4.90 Å². The third-order valence-corrected chi connectivity index (χ3v) is 3.62. The Hall–Kier alpha value is -1.75. The third-order valence-electron chi connectivity index (χ3n) is 3.62. The van der Waals surface area contributed by atoms with E-state index in [-0.39, 0.29) is 16.5 Å². The maximum absolute atomic E-state index is 11.4. The van der Waals surface area contributed by atoms with Gasteiger partial charge in [0.25, 0.3) is 5.69 Å². The first-order valence-electron chi connectivity index (χ1n) is 6.54. The third kappa shape index (κ3) is 3.61. The van der Waals surface area contributed by atoms with Crippen LogP contribution < -0.4 is 0 Å². The van der Waals surface area contributed by atoms with Crippen LogP contribution in [0.2, 0.25) is 0 Å². The second kappa shape index (κ2) is 5.93. The molecule has 1 atom stereocenters. The van der Waals surface area contributed by atoms with Crippen molar-refractivity contribution in [2.45, 2.75) is 19.8 Å². The fourth-order valence-corrected chi connectivity index (χ4v) is 2.37. The number of rotatable bonds is 4. The molecule has 0 bridgehead atoms. The van der Waals surface area contributed by atoms with Gasteiger partial charge in [-0.05, 0) is 12.0 Å². The van der Waals surface area contributed by atoms with E-state index in [2.05, 4.69) is 4.90 Å². The molecule has 0 aromatic heterocycles. The number of hydrogen-bond acceptors (Lipinski definition) is 4. The summed E-state index contributed by atoms with van der Waals surface area (Å²) in [6.07, 6.45) is 1.50. The average Bonchev–Trinajstić information content (AvgIpc) is 2.40. The van der Waals surface area contributed by atoms with Crippen molar-refractivity contribution < 1.29 is 9.72 Å². The Morgan fingerprint density at radius 3 is 2.63 bits per heavy atom. The van der Waals surface area contributed by atoms with Crippen LogP contribution in [0, 0.1) is 16.0 Å². The second-order valence-corrected chi connectivity index (χ2v) is 5.09. The van der Waals surface area contributed by atoms with Crippen molar-refractivity contribution in [2.24, 2.45) is 5.92 Å². The fourth-order valence-electron chi connectivity index (χ4n) is 2.37. The first-order valence-corrected chi connectivity index (χ1v) is 6.54. The summed E-state index contributed by atoms with van der Waals surface area (Å²) in [5, 5.41) is 10.5. The lowest BCUT2D eigenvalue weighted by molar-refractivity contribution is -0.384. The van der Waals surface area contributed by atoms with Crippen LogP contribution in [-0.4, -0.2) is 35.2 Å². The Balaban J connectivity index is 1.85. The largest absolute Gasteiger partial charge is 0.302 e. The quantitative estimate of drug-likeness (QED) is 0.615. The fraction of sp³-hybridized carbons (Fsp3) is 0.500. The van der Waals surface area contributed by atoms with Gasteiger partial charge in [-0.15, -0.1) is 0 Å². The highest BCUT2D eigenvalue weighted by atomic mass is 16.6. The maximum atomic E-state index is 11.4. The van der Waals surface area contributed by atoms with E-state index in [9.17, 15) is 14.9 Å². The first kappa shape index (κ1) is 13.7. The van der Waals surface area contributed by atoms with E-state index < -0.39 is 0 Å². The van der Waals surface area contributed by atoms with E-state index in [0.717, 1.165) is 31.6 Å². The van der Waals surface area contributed by atoms with E-state index >= 15 is 0 Å². The van der Waals surface area contributed by atoms with E-state index in [4.69, 9.17) is 0 Å². The van der Waals surface area contributed by atoms with Crippen molar-refractivity contribution in [3.63, 3.8) is 0 Å². The van der Waals surface area contributed by atoms with Crippen LogP contribution in [0.3, 0.4) is 0 Å². The van der Waals surface area contributed by atoms with E-state index in [1.165, 1.54) is 12.1 Å². The number of Topliss-reactive ketones (excluding diaryl/α,β-unsaturated/α-hetero) is 1. The number of benzene rings is 1. The standard InChI is InChI=1S/C14H18N2O3/c1-11-10-15(9-7-14(11)17)8-6-12-2-4-13(5-3-12)16(18)19/h2-5,11H,6-10H2,1H3. The molecule has 1 fully saturated rings. The number of likely N-dealkylation sites (tertiary alicyclic amines) is 1. The summed E-state index contributed by atoms with van der Waals surface area (Å²) >= 11 is 0.